The molecule has 6 heteroatoms. The van der Waals surface area contributed by atoms with Crippen LogP contribution in [0, 0.1) is 5.92 Å². The highest BCUT2D eigenvalue weighted by molar-refractivity contribution is 6.33. The van der Waals surface area contributed by atoms with Gasteiger partial charge in [0.2, 0.25) is 5.91 Å². The molecule has 0 spiro atoms. The molecule has 1 saturated carbocycles. The zero-order valence-corrected chi connectivity index (χ0v) is 19.7. The zero-order valence-electron chi connectivity index (χ0n) is 18.9. The predicted octanol–water partition coefficient (Wildman–Crippen LogP) is 6.97. The van der Waals surface area contributed by atoms with Gasteiger partial charge < -0.3 is 15.0 Å². The second kappa shape index (κ2) is 10.7. The zero-order chi connectivity index (χ0) is 23.1. The van der Waals surface area contributed by atoms with Crippen LogP contribution in [0.25, 0.3) is 22.2 Å². The molecular weight excluding hydrogens is 424 g/mol. The van der Waals surface area contributed by atoms with Crippen molar-refractivity contribution in [1.29, 1.82) is 0 Å². The number of fused-ring (bicyclic) bond motifs is 1. The number of amides is 1. The smallest absolute Gasteiger partial charge is 0.293 e. The quantitative estimate of drug-likeness (QED) is 0.418. The maximum Gasteiger partial charge on any atom is 0.293 e. The van der Waals surface area contributed by atoms with Crippen molar-refractivity contribution in [3.8, 4) is 11.3 Å². The number of ether oxygens (including phenoxy) is 1. The van der Waals surface area contributed by atoms with Gasteiger partial charge in [-0.2, -0.15) is 0 Å². The Bertz CT molecular complexity index is 1030. The first kappa shape index (κ1) is 23.9. The van der Waals surface area contributed by atoms with Crippen molar-refractivity contribution in [1.82, 2.24) is 4.98 Å². The Morgan fingerprint density at radius 2 is 1.81 bits per heavy atom. The molecule has 0 unspecified atom stereocenters. The van der Waals surface area contributed by atoms with Gasteiger partial charge in [0.1, 0.15) is 5.60 Å². The number of carbonyl (C=O) groups excluding carboxylic acids is 2. The molecule has 0 atom stereocenters. The van der Waals surface area contributed by atoms with Gasteiger partial charge in [-0.3, -0.25) is 9.59 Å². The molecule has 1 heterocycles. The first-order valence-electron chi connectivity index (χ1n) is 11.1. The van der Waals surface area contributed by atoms with E-state index < -0.39 is 0 Å². The molecule has 0 aliphatic heterocycles. The van der Waals surface area contributed by atoms with Crippen molar-refractivity contribution in [3.05, 3.63) is 53.6 Å². The van der Waals surface area contributed by atoms with E-state index in [2.05, 4.69) is 33.2 Å². The molecule has 2 aromatic carbocycles. The predicted molar refractivity (Wildman–Crippen MR) is 131 cm³/mol. The van der Waals surface area contributed by atoms with Gasteiger partial charge >= 0.3 is 0 Å². The summed E-state index contributed by atoms with van der Waals surface area (Å²) in [5.41, 5.74) is 3.50. The number of rotatable bonds is 4. The second-order valence-electron chi connectivity index (χ2n) is 9.12. The normalized spacial score (nSPS) is 14.4. The minimum Gasteiger partial charge on any atom is -0.462 e. The molecule has 170 valence electrons. The lowest BCUT2D eigenvalue weighted by Gasteiger charge is -2.21. The van der Waals surface area contributed by atoms with Crippen LogP contribution in [-0.4, -0.2) is 23.0 Å². The molecule has 2 N–H and O–H groups in total. The number of H-pyrrole nitrogens is 1. The molecule has 4 rings (SSSR count). The summed E-state index contributed by atoms with van der Waals surface area (Å²) in [6.07, 6.45) is 5.47. The lowest BCUT2D eigenvalue weighted by Crippen LogP contribution is -2.24. The Hall–Kier alpha value is -2.79. The van der Waals surface area contributed by atoms with E-state index in [9.17, 15) is 9.59 Å². The SMILES string of the molecule is CC(C)(C)OC=O.O=C(Nc1cc(-c2cc3ccccc3[nH]2)ccc1Cl)C1CCCCC1. The van der Waals surface area contributed by atoms with Crippen molar-refractivity contribution in [2.24, 2.45) is 5.92 Å². The van der Waals surface area contributed by atoms with E-state index in [0.717, 1.165) is 42.5 Å². The van der Waals surface area contributed by atoms with Gasteiger partial charge in [-0.25, -0.2) is 0 Å². The van der Waals surface area contributed by atoms with E-state index in [1.807, 2.05) is 51.1 Å². The van der Waals surface area contributed by atoms with E-state index >= 15 is 0 Å². The summed E-state index contributed by atoms with van der Waals surface area (Å²) in [6.45, 7) is 5.92. The number of halogens is 1. The second-order valence-corrected chi connectivity index (χ2v) is 9.52. The number of hydrogen-bond donors (Lipinski definition) is 2. The molecule has 1 aliphatic rings. The number of carbonyl (C=O) groups is 2. The monoisotopic (exact) mass is 454 g/mol. The minimum absolute atomic E-state index is 0.0930. The first-order chi connectivity index (χ1) is 15.3. The molecule has 1 aromatic heterocycles. The maximum atomic E-state index is 12.5. The fourth-order valence-corrected chi connectivity index (χ4v) is 3.93. The molecule has 1 amide bonds. The highest BCUT2D eigenvalue weighted by Gasteiger charge is 2.22. The maximum absolute atomic E-state index is 12.5. The van der Waals surface area contributed by atoms with Crippen LogP contribution in [0.1, 0.15) is 52.9 Å². The van der Waals surface area contributed by atoms with Crippen LogP contribution in [0.2, 0.25) is 5.02 Å². The molecule has 32 heavy (non-hydrogen) atoms. The highest BCUT2D eigenvalue weighted by atomic mass is 35.5. The van der Waals surface area contributed by atoms with Crippen molar-refractivity contribution in [2.45, 2.75) is 58.5 Å². The summed E-state index contributed by atoms with van der Waals surface area (Å²) in [5, 5.41) is 4.78. The Kier molecular flexibility index (Phi) is 7.97. The molecule has 1 fully saturated rings. The summed E-state index contributed by atoms with van der Waals surface area (Å²) in [6, 6.07) is 16.1. The number of nitrogens with one attached hydrogen (secondary N) is 2. The summed E-state index contributed by atoms with van der Waals surface area (Å²) >= 11 is 6.32. The Balaban J connectivity index is 0.000000360. The van der Waals surface area contributed by atoms with Crippen LogP contribution >= 0.6 is 11.6 Å². The number of para-hydroxylation sites is 1. The summed E-state index contributed by atoms with van der Waals surface area (Å²) in [5.74, 6) is 0.206. The number of aromatic amines is 1. The number of aromatic nitrogens is 1. The lowest BCUT2D eigenvalue weighted by molar-refractivity contribution is -0.138. The lowest BCUT2D eigenvalue weighted by atomic mass is 9.88. The first-order valence-corrected chi connectivity index (χ1v) is 11.4. The average Bonchev–Trinajstić information content (AvgIpc) is 3.20. The molecule has 0 radical (unpaired) electrons. The van der Waals surface area contributed by atoms with Crippen LogP contribution in [0.3, 0.4) is 0 Å². The van der Waals surface area contributed by atoms with Crippen LogP contribution in [-0.2, 0) is 14.3 Å². The number of benzene rings is 2. The largest absolute Gasteiger partial charge is 0.462 e. The minimum atomic E-state index is -0.318. The third kappa shape index (κ3) is 6.60. The van der Waals surface area contributed by atoms with Crippen molar-refractivity contribution in [3.63, 3.8) is 0 Å². The molecule has 0 saturated heterocycles. The van der Waals surface area contributed by atoms with E-state index in [1.165, 1.54) is 11.8 Å². The Morgan fingerprint density at radius 1 is 1.09 bits per heavy atom. The van der Waals surface area contributed by atoms with Crippen LogP contribution in [0.4, 0.5) is 5.69 Å². The third-order valence-electron chi connectivity index (χ3n) is 5.44. The van der Waals surface area contributed by atoms with Gasteiger partial charge in [0, 0.05) is 28.1 Å². The molecule has 1 aliphatic carbocycles. The average molecular weight is 455 g/mol. The Morgan fingerprint density at radius 3 is 2.44 bits per heavy atom. The summed E-state index contributed by atoms with van der Waals surface area (Å²) < 4.78 is 4.55. The van der Waals surface area contributed by atoms with Gasteiger partial charge in [0.15, 0.2) is 0 Å². The molecule has 0 bridgehead atoms. The number of anilines is 1. The van der Waals surface area contributed by atoms with Gasteiger partial charge in [-0.15, -0.1) is 0 Å². The van der Waals surface area contributed by atoms with Gasteiger partial charge in [0.05, 0.1) is 10.7 Å². The van der Waals surface area contributed by atoms with Gasteiger partial charge in [-0.05, 0) is 57.9 Å². The summed E-state index contributed by atoms with van der Waals surface area (Å²) in [7, 11) is 0. The van der Waals surface area contributed by atoms with Crippen molar-refractivity contribution in [2.75, 3.05) is 5.32 Å². The van der Waals surface area contributed by atoms with Crippen molar-refractivity contribution < 1.29 is 14.3 Å². The number of hydrogen-bond acceptors (Lipinski definition) is 3. The van der Waals surface area contributed by atoms with Crippen molar-refractivity contribution >= 4 is 40.6 Å². The summed E-state index contributed by atoms with van der Waals surface area (Å²) in [4.78, 5) is 25.5. The topological polar surface area (TPSA) is 71.2 Å². The van der Waals surface area contributed by atoms with Crippen LogP contribution in [0.5, 0.6) is 0 Å². The third-order valence-corrected chi connectivity index (χ3v) is 5.77. The van der Waals surface area contributed by atoms with Gasteiger partial charge in [-0.1, -0.05) is 55.1 Å². The highest BCUT2D eigenvalue weighted by Crippen LogP contribution is 2.32. The molecular formula is C26H31ClN2O3. The van der Waals surface area contributed by atoms with E-state index in [4.69, 9.17) is 11.6 Å². The molecule has 5 nitrogen and oxygen atoms in total. The van der Waals surface area contributed by atoms with E-state index in [1.54, 1.807) is 0 Å². The van der Waals surface area contributed by atoms with E-state index in [-0.39, 0.29) is 17.4 Å². The Labute approximate surface area is 194 Å². The van der Waals surface area contributed by atoms with Gasteiger partial charge in [0.25, 0.3) is 6.47 Å². The fourth-order valence-electron chi connectivity index (χ4n) is 3.76. The van der Waals surface area contributed by atoms with E-state index in [0.29, 0.717) is 17.2 Å². The van der Waals surface area contributed by atoms with Crippen LogP contribution in [0.15, 0.2) is 48.5 Å². The van der Waals surface area contributed by atoms with Crippen LogP contribution < -0.4 is 5.32 Å². The molecule has 3 aromatic rings. The standard InChI is InChI=1S/C21H21ClN2O.C5H10O2/c22-17-11-10-16(19-12-15-8-4-5-9-18(15)23-19)13-20(17)24-21(25)14-6-2-1-3-7-14;1-5(2,3)7-4-6/h4-5,8-14,23H,1-3,6-7H2,(H,24,25);4H,1-3H3. The fraction of sp³-hybridized carbons (Fsp3) is 0.385.